The predicted octanol–water partition coefficient (Wildman–Crippen LogP) is 2.05. The van der Waals surface area contributed by atoms with Gasteiger partial charge in [0, 0.05) is 20.2 Å². The van der Waals surface area contributed by atoms with E-state index in [9.17, 15) is 4.79 Å². The van der Waals surface area contributed by atoms with Gasteiger partial charge in [0.1, 0.15) is 6.04 Å². The number of nitrogens with zero attached hydrogens (tertiary/aromatic N) is 1. The van der Waals surface area contributed by atoms with Crippen LogP contribution in [-0.4, -0.2) is 37.1 Å². The van der Waals surface area contributed by atoms with Gasteiger partial charge in [0.05, 0.1) is 6.10 Å². The third-order valence-electron chi connectivity index (χ3n) is 3.79. The topological polar surface area (TPSA) is 55.6 Å². The highest BCUT2D eigenvalue weighted by Crippen LogP contribution is 2.18. The van der Waals surface area contributed by atoms with Crippen LogP contribution in [0.3, 0.4) is 0 Å². The number of piperidine rings is 1. The summed E-state index contributed by atoms with van der Waals surface area (Å²) >= 11 is 0. The van der Waals surface area contributed by atoms with Crippen molar-refractivity contribution in [1.82, 2.24) is 4.90 Å². The van der Waals surface area contributed by atoms with Crippen LogP contribution in [0.15, 0.2) is 24.3 Å². The maximum absolute atomic E-state index is 12.3. The lowest BCUT2D eigenvalue weighted by atomic mass is 10.0. The van der Waals surface area contributed by atoms with Crippen LogP contribution in [0.4, 0.5) is 0 Å². The van der Waals surface area contributed by atoms with E-state index in [0.717, 1.165) is 31.5 Å². The summed E-state index contributed by atoms with van der Waals surface area (Å²) in [5, 5.41) is 0. The van der Waals surface area contributed by atoms with Crippen LogP contribution < -0.4 is 5.73 Å². The molecule has 1 saturated heterocycles. The van der Waals surface area contributed by atoms with Crippen molar-refractivity contribution >= 4 is 18.3 Å². The second-order valence-electron chi connectivity index (χ2n) is 5.15. The quantitative estimate of drug-likeness (QED) is 0.929. The smallest absolute Gasteiger partial charge is 0.244 e. The largest absolute Gasteiger partial charge is 0.381 e. The summed E-state index contributed by atoms with van der Waals surface area (Å²) in [5.41, 5.74) is 8.11. The Labute approximate surface area is 126 Å². The van der Waals surface area contributed by atoms with Crippen LogP contribution in [0.25, 0.3) is 0 Å². The first-order chi connectivity index (χ1) is 9.11. The van der Waals surface area contributed by atoms with Crippen molar-refractivity contribution in [2.75, 3.05) is 20.2 Å². The first-order valence-electron chi connectivity index (χ1n) is 6.75. The van der Waals surface area contributed by atoms with Gasteiger partial charge in [-0.25, -0.2) is 0 Å². The van der Waals surface area contributed by atoms with Crippen molar-refractivity contribution in [3.05, 3.63) is 35.4 Å². The third-order valence-corrected chi connectivity index (χ3v) is 3.79. The molecular formula is C15H23ClN2O2. The molecule has 1 aromatic carbocycles. The first-order valence-corrected chi connectivity index (χ1v) is 6.75. The first kappa shape index (κ1) is 17.0. The Bertz CT molecular complexity index is 428. The molecule has 1 aromatic rings. The average Bonchev–Trinajstić information content (AvgIpc) is 2.46. The molecule has 0 spiro atoms. The van der Waals surface area contributed by atoms with E-state index in [1.807, 2.05) is 36.1 Å². The van der Waals surface area contributed by atoms with Gasteiger partial charge in [-0.1, -0.05) is 29.8 Å². The maximum Gasteiger partial charge on any atom is 0.244 e. The van der Waals surface area contributed by atoms with Gasteiger partial charge in [-0.3, -0.25) is 4.79 Å². The minimum Gasteiger partial charge on any atom is -0.381 e. The van der Waals surface area contributed by atoms with Crippen LogP contribution in [0.1, 0.15) is 30.0 Å². The van der Waals surface area contributed by atoms with E-state index in [1.165, 1.54) is 5.56 Å². The molecule has 1 heterocycles. The zero-order valence-electron chi connectivity index (χ0n) is 12.0. The van der Waals surface area contributed by atoms with Crippen LogP contribution in [0, 0.1) is 6.92 Å². The Morgan fingerprint density at radius 2 is 1.85 bits per heavy atom. The summed E-state index contributed by atoms with van der Waals surface area (Å²) in [6, 6.07) is 7.28. The molecule has 1 aliphatic rings. The lowest BCUT2D eigenvalue weighted by Crippen LogP contribution is -2.44. The molecule has 2 N–H and O–H groups in total. The Hall–Kier alpha value is -1.10. The maximum atomic E-state index is 12.3. The number of carbonyl (C=O) groups excluding carboxylic acids is 1. The molecule has 1 atom stereocenters. The number of amides is 1. The number of methoxy groups -OCH3 is 1. The van der Waals surface area contributed by atoms with Crippen LogP contribution in [0.2, 0.25) is 0 Å². The fraction of sp³-hybridized carbons (Fsp3) is 0.533. The van der Waals surface area contributed by atoms with E-state index in [2.05, 4.69) is 0 Å². The van der Waals surface area contributed by atoms with Gasteiger partial charge in [0.2, 0.25) is 5.91 Å². The van der Waals surface area contributed by atoms with Crippen LogP contribution in [0.5, 0.6) is 0 Å². The van der Waals surface area contributed by atoms with Crippen molar-refractivity contribution in [2.24, 2.45) is 5.73 Å². The molecule has 5 heteroatoms. The van der Waals surface area contributed by atoms with Crippen molar-refractivity contribution in [3.63, 3.8) is 0 Å². The highest BCUT2D eigenvalue weighted by Gasteiger charge is 2.26. The van der Waals surface area contributed by atoms with Gasteiger partial charge in [0.15, 0.2) is 0 Å². The number of halogens is 1. The minimum absolute atomic E-state index is 0. The van der Waals surface area contributed by atoms with Crippen LogP contribution >= 0.6 is 12.4 Å². The lowest BCUT2D eigenvalue weighted by molar-refractivity contribution is -0.135. The van der Waals surface area contributed by atoms with E-state index in [-0.39, 0.29) is 24.4 Å². The molecule has 2 rings (SSSR count). The van der Waals surface area contributed by atoms with Crippen LogP contribution in [-0.2, 0) is 9.53 Å². The number of aryl methyl sites for hydroxylation is 1. The van der Waals surface area contributed by atoms with Crippen molar-refractivity contribution < 1.29 is 9.53 Å². The fourth-order valence-electron chi connectivity index (χ4n) is 2.42. The van der Waals surface area contributed by atoms with Gasteiger partial charge in [-0.05, 0) is 25.3 Å². The van der Waals surface area contributed by atoms with Crippen molar-refractivity contribution in [2.45, 2.75) is 31.9 Å². The summed E-state index contributed by atoms with van der Waals surface area (Å²) in [7, 11) is 1.72. The van der Waals surface area contributed by atoms with Gasteiger partial charge < -0.3 is 15.4 Å². The monoisotopic (exact) mass is 298 g/mol. The molecule has 1 unspecified atom stereocenters. The fourth-order valence-corrected chi connectivity index (χ4v) is 2.42. The number of nitrogens with two attached hydrogens (primary N) is 1. The summed E-state index contributed by atoms with van der Waals surface area (Å²) in [4.78, 5) is 14.2. The van der Waals surface area contributed by atoms with E-state index in [0.29, 0.717) is 0 Å². The molecule has 20 heavy (non-hydrogen) atoms. The normalized spacial score (nSPS) is 17.4. The number of carbonyl (C=O) groups is 1. The van der Waals surface area contributed by atoms with E-state index < -0.39 is 6.04 Å². The average molecular weight is 299 g/mol. The molecule has 1 aliphatic heterocycles. The number of benzene rings is 1. The zero-order valence-corrected chi connectivity index (χ0v) is 12.9. The zero-order chi connectivity index (χ0) is 13.8. The Morgan fingerprint density at radius 3 is 2.35 bits per heavy atom. The van der Waals surface area contributed by atoms with Gasteiger partial charge in [0.25, 0.3) is 0 Å². The van der Waals surface area contributed by atoms with Crippen molar-refractivity contribution in [3.8, 4) is 0 Å². The van der Waals surface area contributed by atoms with Gasteiger partial charge in [-0.15, -0.1) is 12.4 Å². The SMILES string of the molecule is COC1CCN(C(=O)C(N)c2ccc(C)cc2)CC1.Cl. The Balaban J connectivity index is 0.00000200. The molecule has 0 aliphatic carbocycles. The molecular weight excluding hydrogens is 276 g/mol. The molecule has 0 bridgehead atoms. The van der Waals surface area contributed by atoms with E-state index in [4.69, 9.17) is 10.5 Å². The second-order valence-corrected chi connectivity index (χ2v) is 5.15. The molecule has 0 radical (unpaired) electrons. The molecule has 1 amide bonds. The summed E-state index contributed by atoms with van der Waals surface area (Å²) < 4.78 is 5.31. The summed E-state index contributed by atoms with van der Waals surface area (Å²) in [6.45, 7) is 3.49. The third kappa shape index (κ3) is 3.95. The molecule has 4 nitrogen and oxygen atoms in total. The minimum atomic E-state index is -0.556. The molecule has 1 fully saturated rings. The second kappa shape index (κ2) is 7.62. The Kier molecular flexibility index (Phi) is 6.46. The van der Waals surface area contributed by atoms with Crippen molar-refractivity contribution in [1.29, 1.82) is 0 Å². The molecule has 0 saturated carbocycles. The number of ether oxygens (including phenoxy) is 1. The lowest BCUT2D eigenvalue weighted by Gasteiger charge is -2.32. The van der Waals surface area contributed by atoms with E-state index >= 15 is 0 Å². The number of likely N-dealkylation sites (tertiary alicyclic amines) is 1. The van der Waals surface area contributed by atoms with E-state index in [1.54, 1.807) is 7.11 Å². The number of hydrogen-bond acceptors (Lipinski definition) is 3. The Morgan fingerprint density at radius 1 is 1.30 bits per heavy atom. The summed E-state index contributed by atoms with van der Waals surface area (Å²) in [5.74, 6) is 0.0124. The summed E-state index contributed by atoms with van der Waals surface area (Å²) in [6.07, 6.45) is 2.06. The predicted molar refractivity (Wildman–Crippen MR) is 82.0 cm³/mol. The highest BCUT2D eigenvalue weighted by atomic mass is 35.5. The van der Waals surface area contributed by atoms with Gasteiger partial charge >= 0.3 is 0 Å². The highest BCUT2D eigenvalue weighted by molar-refractivity contribution is 5.85. The number of rotatable bonds is 3. The standard InChI is InChI=1S/C15H22N2O2.ClH/c1-11-3-5-12(6-4-11)14(16)15(18)17-9-7-13(19-2)8-10-17;/h3-6,13-14H,7-10,16H2,1-2H3;1H. The number of hydrogen-bond donors (Lipinski definition) is 1. The molecule has 112 valence electrons. The molecule has 0 aromatic heterocycles. The van der Waals surface area contributed by atoms with Gasteiger partial charge in [-0.2, -0.15) is 0 Å².